The fourth-order valence-corrected chi connectivity index (χ4v) is 4.05. The van der Waals surface area contributed by atoms with E-state index in [1.165, 1.54) is 12.8 Å². The Bertz CT molecular complexity index is 742. The summed E-state index contributed by atoms with van der Waals surface area (Å²) in [6.45, 7) is 10.7. The highest BCUT2D eigenvalue weighted by atomic mass is 16.5. The van der Waals surface area contributed by atoms with Gasteiger partial charge in [-0.1, -0.05) is 13.8 Å². The van der Waals surface area contributed by atoms with E-state index in [-0.39, 0.29) is 0 Å². The maximum Gasteiger partial charge on any atom is 0.157 e. The van der Waals surface area contributed by atoms with Crippen molar-refractivity contribution in [2.45, 2.75) is 64.5 Å². The van der Waals surface area contributed by atoms with E-state index in [2.05, 4.69) is 41.3 Å². The van der Waals surface area contributed by atoms with Crippen LogP contribution < -0.4 is 5.32 Å². The van der Waals surface area contributed by atoms with Gasteiger partial charge in [-0.2, -0.15) is 9.61 Å². The largest absolute Gasteiger partial charge is 0.377 e. The van der Waals surface area contributed by atoms with E-state index in [1.807, 2.05) is 11.4 Å². The summed E-state index contributed by atoms with van der Waals surface area (Å²) in [6.07, 6.45) is 5.23. The Hall–Kier alpha value is -1.66. The average molecular weight is 358 g/mol. The third kappa shape index (κ3) is 3.86. The van der Waals surface area contributed by atoms with Gasteiger partial charge in [0.05, 0.1) is 11.8 Å². The van der Waals surface area contributed by atoms with Crippen LogP contribution in [0.25, 0.3) is 5.65 Å². The third-order valence-electron chi connectivity index (χ3n) is 5.59. The zero-order valence-corrected chi connectivity index (χ0v) is 16.2. The van der Waals surface area contributed by atoms with Crippen LogP contribution in [-0.2, 0) is 4.74 Å². The van der Waals surface area contributed by atoms with Crippen molar-refractivity contribution in [3.05, 3.63) is 23.5 Å². The Morgan fingerprint density at radius 2 is 2.04 bits per heavy atom. The predicted octanol–water partition coefficient (Wildman–Crippen LogP) is 3.22. The third-order valence-corrected chi connectivity index (χ3v) is 5.59. The highest BCUT2D eigenvalue weighted by Gasteiger charge is 2.24. The minimum atomic E-state index is 0.406. The Labute approximate surface area is 155 Å². The van der Waals surface area contributed by atoms with E-state index in [0.717, 1.165) is 61.9 Å². The minimum Gasteiger partial charge on any atom is -0.377 e. The van der Waals surface area contributed by atoms with Crippen molar-refractivity contribution in [2.75, 3.05) is 31.6 Å². The molecule has 2 aliphatic rings. The Morgan fingerprint density at radius 3 is 2.73 bits per heavy atom. The molecule has 0 spiro atoms. The minimum absolute atomic E-state index is 0.406. The molecular weight excluding hydrogens is 326 g/mol. The van der Waals surface area contributed by atoms with Gasteiger partial charge in [0.1, 0.15) is 5.82 Å². The number of fused-ring (bicyclic) bond motifs is 1. The Kier molecular flexibility index (Phi) is 5.14. The molecule has 1 N–H and O–H groups in total. The number of nitrogens with zero attached hydrogens (tertiary/aromatic N) is 4. The van der Waals surface area contributed by atoms with Crippen LogP contribution in [0.3, 0.4) is 0 Å². The van der Waals surface area contributed by atoms with Gasteiger partial charge in [-0.3, -0.25) is 0 Å². The lowest BCUT2D eigenvalue weighted by atomic mass is 10.0. The number of hydrogen-bond donors (Lipinski definition) is 1. The number of aryl methyl sites for hydroxylation is 1. The molecular formula is C20H31N5O. The van der Waals surface area contributed by atoms with Crippen LogP contribution in [-0.4, -0.2) is 57.9 Å². The van der Waals surface area contributed by atoms with Gasteiger partial charge >= 0.3 is 0 Å². The first kappa shape index (κ1) is 17.7. The average Bonchev–Trinajstić information content (AvgIpc) is 3.25. The molecule has 4 heterocycles. The van der Waals surface area contributed by atoms with E-state index < -0.39 is 0 Å². The van der Waals surface area contributed by atoms with Crippen molar-refractivity contribution in [2.24, 2.45) is 0 Å². The van der Waals surface area contributed by atoms with E-state index in [9.17, 15) is 0 Å². The fourth-order valence-electron chi connectivity index (χ4n) is 4.05. The van der Waals surface area contributed by atoms with Crippen molar-refractivity contribution < 1.29 is 4.74 Å². The molecule has 0 bridgehead atoms. The van der Waals surface area contributed by atoms with Crippen LogP contribution in [0, 0.1) is 6.92 Å². The summed E-state index contributed by atoms with van der Waals surface area (Å²) >= 11 is 0. The SMILES string of the molecule is Cc1cc2nc(C(C)C)cc(NC3CCN(C[C@@H]4CCCO4)CC3)n2n1. The van der Waals surface area contributed by atoms with Crippen LogP contribution >= 0.6 is 0 Å². The van der Waals surface area contributed by atoms with Crippen molar-refractivity contribution in [1.82, 2.24) is 19.5 Å². The molecule has 2 fully saturated rings. The van der Waals surface area contributed by atoms with Crippen LogP contribution in [0.15, 0.2) is 12.1 Å². The number of rotatable bonds is 5. The smallest absolute Gasteiger partial charge is 0.157 e. The molecule has 0 aliphatic carbocycles. The summed E-state index contributed by atoms with van der Waals surface area (Å²) in [5.41, 5.74) is 3.07. The first-order valence-corrected chi connectivity index (χ1v) is 10.1. The van der Waals surface area contributed by atoms with Crippen molar-refractivity contribution in [1.29, 1.82) is 0 Å². The number of nitrogens with one attached hydrogen (secondary N) is 1. The number of aromatic nitrogens is 3. The first-order valence-electron chi connectivity index (χ1n) is 10.1. The Morgan fingerprint density at radius 1 is 1.23 bits per heavy atom. The lowest BCUT2D eigenvalue weighted by Crippen LogP contribution is -2.42. The molecule has 0 aromatic carbocycles. The molecule has 4 rings (SSSR count). The molecule has 2 saturated heterocycles. The van der Waals surface area contributed by atoms with E-state index in [0.29, 0.717) is 18.1 Å². The van der Waals surface area contributed by atoms with Gasteiger partial charge in [0.15, 0.2) is 5.65 Å². The molecule has 0 unspecified atom stereocenters. The van der Waals surface area contributed by atoms with Crippen molar-refractivity contribution >= 4 is 11.5 Å². The van der Waals surface area contributed by atoms with Gasteiger partial charge in [0.25, 0.3) is 0 Å². The van der Waals surface area contributed by atoms with Gasteiger partial charge in [-0.25, -0.2) is 4.98 Å². The molecule has 0 radical (unpaired) electrons. The van der Waals surface area contributed by atoms with Gasteiger partial charge in [0, 0.05) is 50.1 Å². The molecule has 0 saturated carbocycles. The second kappa shape index (κ2) is 7.53. The number of ether oxygens (including phenoxy) is 1. The molecule has 26 heavy (non-hydrogen) atoms. The van der Waals surface area contributed by atoms with Gasteiger partial charge < -0.3 is 15.0 Å². The topological polar surface area (TPSA) is 54.7 Å². The summed E-state index contributed by atoms with van der Waals surface area (Å²) in [4.78, 5) is 7.32. The molecule has 6 nitrogen and oxygen atoms in total. The zero-order valence-electron chi connectivity index (χ0n) is 16.2. The normalized spacial score (nSPS) is 22.5. The van der Waals surface area contributed by atoms with E-state index in [4.69, 9.17) is 9.72 Å². The predicted molar refractivity (Wildman–Crippen MR) is 104 cm³/mol. The van der Waals surface area contributed by atoms with Crippen molar-refractivity contribution in [3.8, 4) is 0 Å². The summed E-state index contributed by atoms with van der Waals surface area (Å²) in [5.74, 6) is 1.48. The van der Waals surface area contributed by atoms with Crippen LogP contribution in [0.1, 0.15) is 56.8 Å². The maximum absolute atomic E-state index is 5.79. The van der Waals surface area contributed by atoms with Gasteiger partial charge in [0.2, 0.25) is 0 Å². The van der Waals surface area contributed by atoms with Crippen LogP contribution in [0.2, 0.25) is 0 Å². The Balaban J connectivity index is 1.42. The zero-order chi connectivity index (χ0) is 18.1. The molecule has 2 aromatic heterocycles. The molecule has 2 aliphatic heterocycles. The molecule has 6 heteroatoms. The highest BCUT2D eigenvalue weighted by molar-refractivity contribution is 5.51. The van der Waals surface area contributed by atoms with Crippen molar-refractivity contribution in [3.63, 3.8) is 0 Å². The van der Waals surface area contributed by atoms with Gasteiger partial charge in [-0.05, 0) is 38.5 Å². The van der Waals surface area contributed by atoms with Gasteiger partial charge in [-0.15, -0.1) is 0 Å². The number of hydrogen-bond acceptors (Lipinski definition) is 5. The molecule has 1 atom stereocenters. The molecule has 2 aromatic rings. The number of piperidine rings is 1. The quantitative estimate of drug-likeness (QED) is 0.890. The maximum atomic E-state index is 5.79. The lowest BCUT2D eigenvalue weighted by molar-refractivity contribution is 0.0654. The second-order valence-corrected chi connectivity index (χ2v) is 8.13. The number of anilines is 1. The van der Waals surface area contributed by atoms with E-state index in [1.54, 1.807) is 0 Å². The first-order chi connectivity index (χ1) is 12.6. The highest BCUT2D eigenvalue weighted by Crippen LogP contribution is 2.23. The second-order valence-electron chi connectivity index (χ2n) is 8.13. The summed E-state index contributed by atoms with van der Waals surface area (Å²) in [6, 6.07) is 4.72. The van der Waals surface area contributed by atoms with Crippen LogP contribution in [0.5, 0.6) is 0 Å². The molecule has 142 valence electrons. The summed E-state index contributed by atoms with van der Waals surface area (Å²) in [7, 11) is 0. The fraction of sp³-hybridized carbons (Fsp3) is 0.700. The lowest BCUT2D eigenvalue weighted by Gasteiger charge is -2.34. The monoisotopic (exact) mass is 357 g/mol. The van der Waals surface area contributed by atoms with Crippen LogP contribution in [0.4, 0.5) is 5.82 Å². The molecule has 0 amide bonds. The standard InChI is InChI=1S/C20H31N5O/c1-14(2)18-12-20(25-19(22-18)11-15(3)23-25)21-16-6-8-24(9-7-16)13-17-5-4-10-26-17/h11-12,14,16-17,21H,4-10,13H2,1-3H3/t17-/m0/s1. The number of likely N-dealkylation sites (tertiary alicyclic amines) is 1. The summed E-state index contributed by atoms with van der Waals surface area (Å²) < 4.78 is 7.75. The summed E-state index contributed by atoms with van der Waals surface area (Å²) in [5, 5.41) is 8.38. The van der Waals surface area contributed by atoms with E-state index >= 15 is 0 Å².